The molecule has 0 amide bonds. The molecule has 5 nitrogen and oxygen atoms in total. The Bertz CT molecular complexity index is 198. The molecule has 5 heteroatoms. The van der Waals surface area contributed by atoms with Crippen LogP contribution in [0, 0.1) is 0 Å². The Hall–Kier alpha value is -0.200. The molecule has 0 saturated carbocycles. The maximum atomic E-state index is 9.73. The third-order valence-corrected chi connectivity index (χ3v) is 3.16. The number of hydrogen-bond donors (Lipinski definition) is 3. The van der Waals surface area contributed by atoms with Crippen molar-refractivity contribution >= 4 is 0 Å². The van der Waals surface area contributed by atoms with E-state index in [-0.39, 0.29) is 12.2 Å². The molecule has 0 fully saturated rings. The van der Waals surface area contributed by atoms with Crippen LogP contribution in [0.3, 0.4) is 0 Å². The van der Waals surface area contributed by atoms with Gasteiger partial charge >= 0.3 is 0 Å². The summed E-state index contributed by atoms with van der Waals surface area (Å²) < 4.78 is 0.758. The zero-order valence-electron chi connectivity index (χ0n) is 12.7. The minimum absolute atomic E-state index is 0.345. The predicted molar refractivity (Wildman–Crippen MR) is 75.6 cm³/mol. The van der Waals surface area contributed by atoms with E-state index in [1.165, 1.54) is 0 Å². The highest BCUT2D eigenvalue weighted by atomic mass is 16.3. The van der Waals surface area contributed by atoms with Gasteiger partial charge in [-0.05, 0) is 35.0 Å². The van der Waals surface area contributed by atoms with Crippen LogP contribution in [0.1, 0.15) is 13.8 Å². The summed E-state index contributed by atoms with van der Waals surface area (Å²) in [5.74, 6) is 0. The highest BCUT2D eigenvalue weighted by molar-refractivity contribution is 4.57. The molecular weight excluding hydrogens is 230 g/mol. The Morgan fingerprint density at radius 2 is 1.56 bits per heavy atom. The van der Waals surface area contributed by atoms with Crippen molar-refractivity contribution < 1.29 is 14.7 Å². The molecule has 0 aliphatic carbocycles. The molecule has 0 aliphatic heterocycles. The maximum absolute atomic E-state index is 9.73. The molecule has 0 heterocycles. The molecule has 110 valence electrons. The summed E-state index contributed by atoms with van der Waals surface area (Å²) in [6.45, 7) is 8.77. The predicted octanol–water partition coefficient (Wildman–Crippen LogP) is -0.654. The zero-order valence-corrected chi connectivity index (χ0v) is 12.7. The third kappa shape index (κ3) is 8.00. The summed E-state index contributed by atoms with van der Waals surface area (Å²) >= 11 is 0. The number of aliphatic hydroxyl groups excluding tert-OH is 2. The highest BCUT2D eigenvalue weighted by Gasteiger charge is 2.30. The smallest absolute Gasteiger partial charge is 0.105 e. The number of rotatable bonds is 10. The van der Waals surface area contributed by atoms with E-state index in [9.17, 15) is 10.2 Å². The van der Waals surface area contributed by atoms with Gasteiger partial charge in [-0.15, -0.1) is 0 Å². The summed E-state index contributed by atoms with van der Waals surface area (Å²) in [6, 6.07) is 0. The second-order valence-corrected chi connectivity index (χ2v) is 5.76. The van der Waals surface area contributed by atoms with Gasteiger partial charge in [-0.25, -0.2) is 0 Å². The largest absolute Gasteiger partial charge is 0.388 e. The van der Waals surface area contributed by atoms with Crippen LogP contribution >= 0.6 is 0 Å². The Balaban J connectivity index is 4.73. The van der Waals surface area contributed by atoms with Gasteiger partial charge in [-0.2, -0.15) is 0 Å². The van der Waals surface area contributed by atoms with Crippen molar-refractivity contribution in [1.82, 2.24) is 10.2 Å². The first-order valence-electron chi connectivity index (χ1n) is 6.82. The first-order chi connectivity index (χ1) is 8.31. The summed E-state index contributed by atoms with van der Waals surface area (Å²) in [4.78, 5) is 2.15. The van der Waals surface area contributed by atoms with E-state index in [4.69, 9.17) is 0 Å². The Labute approximate surface area is 112 Å². The van der Waals surface area contributed by atoms with Gasteiger partial charge in [0.1, 0.15) is 25.3 Å². The van der Waals surface area contributed by atoms with Crippen molar-refractivity contribution in [2.75, 3.05) is 60.4 Å². The molecule has 2 atom stereocenters. The average Bonchev–Trinajstić information content (AvgIpc) is 2.22. The lowest BCUT2D eigenvalue weighted by molar-refractivity contribution is -0.931. The van der Waals surface area contributed by atoms with Gasteiger partial charge in [0.2, 0.25) is 0 Å². The van der Waals surface area contributed by atoms with Crippen LogP contribution in [-0.2, 0) is 0 Å². The van der Waals surface area contributed by atoms with Crippen LogP contribution in [0.2, 0.25) is 0 Å². The van der Waals surface area contributed by atoms with Crippen LogP contribution < -0.4 is 5.32 Å². The number of hydrogen-bond acceptors (Lipinski definition) is 4. The van der Waals surface area contributed by atoms with Gasteiger partial charge in [0.25, 0.3) is 0 Å². The van der Waals surface area contributed by atoms with Crippen LogP contribution in [0.4, 0.5) is 0 Å². The lowest BCUT2D eigenvalue weighted by atomic mass is 10.2. The van der Waals surface area contributed by atoms with Gasteiger partial charge in [0.05, 0.1) is 13.1 Å². The van der Waals surface area contributed by atoms with Gasteiger partial charge < -0.3 is 24.9 Å². The number of aliphatic hydroxyl groups is 2. The van der Waals surface area contributed by atoms with E-state index >= 15 is 0 Å². The van der Waals surface area contributed by atoms with Crippen molar-refractivity contribution in [2.24, 2.45) is 0 Å². The van der Waals surface area contributed by atoms with Crippen LogP contribution in [0.25, 0.3) is 0 Å². The average molecular weight is 262 g/mol. The highest BCUT2D eigenvalue weighted by Crippen LogP contribution is 2.10. The Morgan fingerprint density at radius 3 is 1.89 bits per heavy atom. The molecular formula is C13H32N3O2+. The fourth-order valence-electron chi connectivity index (χ4n) is 2.43. The van der Waals surface area contributed by atoms with Crippen molar-refractivity contribution in [2.45, 2.75) is 26.1 Å². The third-order valence-electron chi connectivity index (χ3n) is 3.16. The quantitative estimate of drug-likeness (QED) is 0.458. The molecule has 0 bridgehead atoms. The molecule has 3 N–H and O–H groups in total. The number of nitrogens with zero attached hydrogens (tertiary/aromatic N) is 2. The molecule has 0 aromatic rings. The summed E-state index contributed by atoms with van der Waals surface area (Å²) in [5, 5.41) is 22.6. The topological polar surface area (TPSA) is 55.7 Å². The van der Waals surface area contributed by atoms with E-state index < -0.39 is 0 Å². The van der Waals surface area contributed by atoms with E-state index in [0.29, 0.717) is 13.1 Å². The monoisotopic (exact) mass is 262 g/mol. The second-order valence-electron chi connectivity index (χ2n) is 5.76. The molecule has 0 aromatic carbocycles. The minimum atomic E-state index is -0.345. The van der Waals surface area contributed by atoms with Crippen molar-refractivity contribution in [1.29, 1.82) is 0 Å². The molecule has 18 heavy (non-hydrogen) atoms. The number of likely N-dealkylation sites (N-methyl/N-ethyl adjacent to an activating group) is 2. The summed E-state index contributed by atoms with van der Waals surface area (Å²) in [6.07, 6.45) is -0.689. The lowest BCUT2D eigenvalue weighted by Crippen LogP contribution is -2.59. The lowest BCUT2D eigenvalue weighted by Gasteiger charge is -2.41. The molecule has 0 aliphatic rings. The molecule has 0 saturated heterocycles. The van der Waals surface area contributed by atoms with E-state index in [0.717, 1.165) is 30.7 Å². The van der Waals surface area contributed by atoms with Crippen LogP contribution in [0.15, 0.2) is 0 Å². The fraction of sp³-hybridized carbons (Fsp3) is 1.00. The second kappa shape index (κ2) is 8.82. The zero-order chi connectivity index (χ0) is 14.2. The van der Waals surface area contributed by atoms with Crippen molar-refractivity contribution in [3.8, 4) is 0 Å². The first kappa shape index (κ1) is 17.8. The summed E-state index contributed by atoms with van der Waals surface area (Å²) in [5.41, 5.74) is 0. The van der Waals surface area contributed by atoms with Crippen LogP contribution in [-0.4, -0.2) is 92.2 Å². The van der Waals surface area contributed by atoms with Crippen LogP contribution in [0.5, 0.6) is 0 Å². The van der Waals surface area contributed by atoms with Gasteiger partial charge in [0, 0.05) is 13.1 Å². The van der Waals surface area contributed by atoms with E-state index in [1.54, 1.807) is 0 Å². The number of nitrogens with one attached hydrogen (secondary N) is 1. The Kier molecular flexibility index (Phi) is 8.73. The SMILES string of the molecule is CNCC[N+](CCN(C)C)(CC(C)O)CC(C)O. The fourth-order valence-corrected chi connectivity index (χ4v) is 2.43. The molecule has 0 aromatic heterocycles. The van der Waals surface area contributed by atoms with Crippen molar-refractivity contribution in [3.63, 3.8) is 0 Å². The Morgan fingerprint density at radius 1 is 1.06 bits per heavy atom. The van der Waals surface area contributed by atoms with Gasteiger partial charge in [-0.3, -0.25) is 0 Å². The molecule has 0 spiro atoms. The van der Waals surface area contributed by atoms with E-state index in [1.807, 2.05) is 20.9 Å². The van der Waals surface area contributed by atoms with E-state index in [2.05, 4.69) is 24.3 Å². The number of quaternary nitrogens is 1. The first-order valence-corrected chi connectivity index (χ1v) is 6.82. The molecule has 0 radical (unpaired) electrons. The van der Waals surface area contributed by atoms with Crippen molar-refractivity contribution in [3.05, 3.63) is 0 Å². The summed E-state index contributed by atoms with van der Waals surface area (Å²) in [7, 11) is 6.04. The standard InChI is InChI=1S/C13H32N3O2/c1-12(17)10-16(8-6-14-3,11-13(2)18)9-7-15(4)5/h12-14,17-18H,6-11H2,1-5H3/q+1. The maximum Gasteiger partial charge on any atom is 0.105 e. The normalized spacial score (nSPS) is 18.7. The minimum Gasteiger partial charge on any atom is -0.388 e. The van der Waals surface area contributed by atoms with Gasteiger partial charge in [0.15, 0.2) is 0 Å². The molecule has 0 rings (SSSR count). The van der Waals surface area contributed by atoms with Gasteiger partial charge in [-0.1, -0.05) is 0 Å². The molecule has 2 unspecified atom stereocenters.